The van der Waals surface area contributed by atoms with Gasteiger partial charge < -0.3 is 10.0 Å². The number of hydrogen-bond acceptors (Lipinski definition) is 4. The van der Waals surface area contributed by atoms with E-state index in [1.54, 1.807) is 0 Å². The van der Waals surface area contributed by atoms with E-state index in [-0.39, 0.29) is 12.0 Å². The average Bonchev–Trinajstić information content (AvgIpc) is 2.36. The van der Waals surface area contributed by atoms with E-state index in [0.717, 1.165) is 30.2 Å². The van der Waals surface area contributed by atoms with Gasteiger partial charge in [-0.3, -0.25) is 0 Å². The molecule has 1 aliphatic heterocycles. The third kappa shape index (κ3) is 3.67. The van der Waals surface area contributed by atoms with Gasteiger partial charge in [-0.05, 0) is 17.7 Å². The van der Waals surface area contributed by atoms with Crippen molar-refractivity contribution in [3.8, 4) is 0 Å². The summed E-state index contributed by atoms with van der Waals surface area (Å²) in [5, 5.41) is 10.7. The van der Waals surface area contributed by atoms with Crippen molar-refractivity contribution in [3.63, 3.8) is 0 Å². The number of aromatic nitrogens is 1. The first kappa shape index (κ1) is 15.6. The second-order valence-electron chi connectivity index (χ2n) is 6.79. The van der Waals surface area contributed by atoms with Crippen LogP contribution in [0.5, 0.6) is 0 Å². The minimum absolute atomic E-state index is 0.00169. The van der Waals surface area contributed by atoms with E-state index in [2.05, 4.69) is 39.5 Å². The summed E-state index contributed by atoms with van der Waals surface area (Å²) in [6, 6.07) is 4.06. The van der Waals surface area contributed by atoms with Gasteiger partial charge in [-0.2, -0.15) is 11.8 Å². The molecule has 2 heterocycles. The maximum absolute atomic E-state index is 9.50. The molecule has 112 valence electrons. The van der Waals surface area contributed by atoms with Crippen LogP contribution in [0.25, 0.3) is 0 Å². The summed E-state index contributed by atoms with van der Waals surface area (Å²) in [4.78, 5) is 7.21. The van der Waals surface area contributed by atoms with Crippen LogP contribution in [0, 0.1) is 0 Å². The predicted octanol–water partition coefficient (Wildman–Crippen LogP) is 3.20. The lowest BCUT2D eigenvalue weighted by molar-refractivity contribution is 0.281. The van der Waals surface area contributed by atoms with E-state index >= 15 is 0 Å². The van der Waals surface area contributed by atoms with Crippen LogP contribution in [0.1, 0.15) is 45.9 Å². The van der Waals surface area contributed by atoms with Gasteiger partial charge in [0.15, 0.2) is 0 Å². The Labute approximate surface area is 126 Å². The molecule has 1 aromatic heterocycles. The van der Waals surface area contributed by atoms with E-state index < -0.39 is 0 Å². The smallest absolute Gasteiger partial charge is 0.129 e. The summed E-state index contributed by atoms with van der Waals surface area (Å²) in [6.07, 6.45) is 0. The maximum Gasteiger partial charge on any atom is 0.129 e. The highest BCUT2D eigenvalue weighted by Crippen LogP contribution is 2.30. The average molecular weight is 294 g/mol. The Morgan fingerprint density at radius 2 is 1.85 bits per heavy atom. The molecule has 0 bridgehead atoms. The SMILES string of the molecule is CC1CN(c2cc(CO)cc(C(C)(C)C)n2)CC(C)S1. The lowest BCUT2D eigenvalue weighted by atomic mass is 9.91. The van der Waals surface area contributed by atoms with Crippen LogP contribution < -0.4 is 4.90 Å². The summed E-state index contributed by atoms with van der Waals surface area (Å²) in [6.45, 7) is 13.2. The molecule has 1 saturated heterocycles. The Balaban J connectivity index is 2.35. The maximum atomic E-state index is 9.50. The number of hydrogen-bond donors (Lipinski definition) is 1. The van der Waals surface area contributed by atoms with Crippen LogP contribution in [0.4, 0.5) is 5.82 Å². The molecule has 1 aromatic rings. The first-order valence-electron chi connectivity index (χ1n) is 7.32. The standard InChI is InChI=1S/C16H26N2OS/c1-11-8-18(9-12(2)20-11)15-7-13(10-19)6-14(17-15)16(3,4)5/h6-7,11-12,19H,8-10H2,1-5H3. The molecule has 4 heteroatoms. The normalized spacial score (nSPS) is 24.0. The van der Waals surface area contributed by atoms with Crippen molar-refractivity contribution in [2.45, 2.75) is 57.1 Å². The van der Waals surface area contributed by atoms with Crippen LogP contribution in [-0.2, 0) is 12.0 Å². The van der Waals surface area contributed by atoms with E-state index in [1.807, 2.05) is 23.9 Å². The Morgan fingerprint density at radius 3 is 2.35 bits per heavy atom. The van der Waals surface area contributed by atoms with E-state index in [9.17, 15) is 5.11 Å². The number of aliphatic hydroxyl groups is 1. The molecular weight excluding hydrogens is 268 g/mol. The second-order valence-corrected chi connectivity index (χ2v) is 8.67. The topological polar surface area (TPSA) is 36.4 Å². The molecule has 0 radical (unpaired) electrons. The first-order chi connectivity index (χ1) is 9.29. The van der Waals surface area contributed by atoms with Crippen LogP contribution in [-0.4, -0.2) is 33.7 Å². The molecule has 1 N–H and O–H groups in total. The Kier molecular flexibility index (Phi) is 4.65. The highest BCUT2D eigenvalue weighted by molar-refractivity contribution is 8.00. The Hall–Kier alpha value is -0.740. The molecule has 0 aliphatic carbocycles. The molecule has 2 atom stereocenters. The molecule has 0 amide bonds. The van der Waals surface area contributed by atoms with E-state index in [1.165, 1.54) is 0 Å². The van der Waals surface area contributed by atoms with Gasteiger partial charge in [-0.25, -0.2) is 4.98 Å². The van der Waals surface area contributed by atoms with Crippen molar-refractivity contribution in [2.24, 2.45) is 0 Å². The molecule has 1 fully saturated rings. The summed E-state index contributed by atoms with van der Waals surface area (Å²) >= 11 is 2.04. The lowest BCUT2D eigenvalue weighted by Gasteiger charge is -2.36. The zero-order chi connectivity index (χ0) is 14.9. The van der Waals surface area contributed by atoms with E-state index in [4.69, 9.17) is 4.98 Å². The van der Waals surface area contributed by atoms with Gasteiger partial charge in [0, 0.05) is 34.7 Å². The number of pyridine rings is 1. The van der Waals surface area contributed by atoms with Gasteiger partial charge >= 0.3 is 0 Å². The van der Waals surface area contributed by atoms with Gasteiger partial charge in [0.2, 0.25) is 0 Å². The number of nitrogens with zero attached hydrogens (tertiary/aromatic N) is 2. The molecule has 1 aliphatic rings. The number of anilines is 1. The lowest BCUT2D eigenvalue weighted by Crippen LogP contribution is -2.41. The summed E-state index contributed by atoms with van der Waals surface area (Å²) in [5.41, 5.74) is 2.01. The third-order valence-corrected chi connectivity index (χ3v) is 4.79. The number of aliphatic hydroxyl groups excluding tert-OH is 1. The fourth-order valence-electron chi connectivity index (χ4n) is 2.57. The summed E-state index contributed by atoms with van der Waals surface area (Å²) < 4.78 is 0. The van der Waals surface area contributed by atoms with Crippen molar-refractivity contribution in [2.75, 3.05) is 18.0 Å². The van der Waals surface area contributed by atoms with Crippen molar-refractivity contribution >= 4 is 17.6 Å². The monoisotopic (exact) mass is 294 g/mol. The van der Waals surface area contributed by atoms with Gasteiger partial charge in [0.1, 0.15) is 5.82 Å². The van der Waals surface area contributed by atoms with Crippen LogP contribution in [0.2, 0.25) is 0 Å². The van der Waals surface area contributed by atoms with Crippen molar-refractivity contribution in [3.05, 3.63) is 23.4 Å². The molecule has 2 rings (SSSR count). The van der Waals surface area contributed by atoms with Gasteiger partial charge in [-0.15, -0.1) is 0 Å². The minimum atomic E-state index is 0.00169. The predicted molar refractivity (Wildman–Crippen MR) is 87.6 cm³/mol. The molecule has 0 spiro atoms. The number of rotatable bonds is 2. The van der Waals surface area contributed by atoms with Gasteiger partial charge in [-0.1, -0.05) is 34.6 Å². The first-order valence-corrected chi connectivity index (χ1v) is 8.26. The fourth-order valence-corrected chi connectivity index (χ4v) is 3.90. The number of thioether (sulfide) groups is 1. The Morgan fingerprint density at radius 1 is 1.25 bits per heavy atom. The Bertz CT molecular complexity index is 460. The largest absolute Gasteiger partial charge is 0.392 e. The quantitative estimate of drug-likeness (QED) is 0.909. The van der Waals surface area contributed by atoms with Crippen molar-refractivity contribution in [1.82, 2.24) is 4.98 Å². The van der Waals surface area contributed by atoms with Crippen LogP contribution >= 0.6 is 11.8 Å². The van der Waals surface area contributed by atoms with Crippen molar-refractivity contribution < 1.29 is 5.11 Å². The van der Waals surface area contributed by atoms with Crippen LogP contribution in [0.3, 0.4) is 0 Å². The zero-order valence-corrected chi connectivity index (χ0v) is 14.0. The third-order valence-electron chi connectivity index (χ3n) is 3.57. The minimum Gasteiger partial charge on any atom is -0.392 e. The molecule has 0 aromatic carbocycles. The van der Waals surface area contributed by atoms with E-state index in [0.29, 0.717) is 10.5 Å². The highest BCUT2D eigenvalue weighted by atomic mass is 32.2. The van der Waals surface area contributed by atoms with Crippen molar-refractivity contribution in [1.29, 1.82) is 0 Å². The molecule has 0 saturated carbocycles. The second kappa shape index (κ2) is 5.94. The fraction of sp³-hybridized carbons (Fsp3) is 0.688. The van der Waals surface area contributed by atoms with Gasteiger partial charge in [0.25, 0.3) is 0 Å². The molecular formula is C16H26N2OS. The van der Waals surface area contributed by atoms with Gasteiger partial charge in [0.05, 0.1) is 6.61 Å². The highest BCUT2D eigenvalue weighted by Gasteiger charge is 2.25. The summed E-state index contributed by atoms with van der Waals surface area (Å²) in [5.74, 6) is 1.01. The summed E-state index contributed by atoms with van der Waals surface area (Å²) in [7, 11) is 0. The zero-order valence-electron chi connectivity index (χ0n) is 13.2. The molecule has 3 nitrogen and oxygen atoms in total. The molecule has 2 unspecified atom stereocenters. The van der Waals surface area contributed by atoms with Crippen LogP contribution in [0.15, 0.2) is 12.1 Å². The molecule has 20 heavy (non-hydrogen) atoms.